The molecule has 17 heavy (non-hydrogen) atoms. The van der Waals surface area contributed by atoms with E-state index in [2.05, 4.69) is 5.32 Å². The minimum absolute atomic E-state index is 0.266. The van der Waals surface area contributed by atoms with Crippen LogP contribution < -0.4 is 5.32 Å². The standard InChI is InChI=1S/C15H17NO/c17-15(16-11-4-2-1-3-5-11)14-12-9-6-7-10(8-9)13(12)14/h1-5,9-10,12-14H,6-8H2,(H,16,17). The van der Waals surface area contributed by atoms with Gasteiger partial charge in [0.15, 0.2) is 0 Å². The van der Waals surface area contributed by atoms with Crippen molar-refractivity contribution in [2.75, 3.05) is 5.32 Å². The summed E-state index contributed by atoms with van der Waals surface area (Å²) in [6, 6.07) is 9.83. The molecule has 3 aliphatic rings. The van der Waals surface area contributed by atoms with Gasteiger partial charge in [0.25, 0.3) is 0 Å². The highest BCUT2D eigenvalue weighted by Crippen LogP contribution is 2.69. The number of carbonyl (C=O) groups is 1. The van der Waals surface area contributed by atoms with Gasteiger partial charge in [-0.2, -0.15) is 0 Å². The van der Waals surface area contributed by atoms with E-state index in [1.54, 1.807) is 0 Å². The average molecular weight is 227 g/mol. The highest BCUT2D eigenvalue weighted by Gasteiger charge is 2.67. The molecule has 1 amide bonds. The number of carbonyl (C=O) groups excluding carboxylic acids is 1. The molecule has 4 rings (SSSR count). The third-order valence-corrected chi connectivity index (χ3v) is 5.08. The van der Waals surface area contributed by atoms with Crippen molar-refractivity contribution < 1.29 is 4.79 Å². The number of hydrogen-bond acceptors (Lipinski definition) is 1. The number of hydrogen-bond donors (Lipinski definition) is 1. The first-order valence-electron chi connectivity index (χ1n) is 6.70. The van der Waals surface area contributed by atoms with Crippen LogP contribution in [0, 0.1) is 29.6 Å². The van der Waals surface area contributed by atoms with Gasteiger partial charge in [-0.15, -0.1) is 0 Å². The Bertz CT molecular complexity index is 439. The maximum atomic E-state index is 12.2. The monoisotopic (exact) mass is 227 g/mol. The molecule has 1 aromatic carbocycles. The first-order valence-corrected chi connectivity index (χ1v) is 6.70. The van der Waals surface area contributed by atoms with E-state index in [4.69, 9.17) is 0 Å². The van der Waals surface area contributed by atoms with Gasteiger partial charge >= 0.3 is 0 Å². The smallest absolute Gasteiger partial charge is 0.228 e. The molecule has 1 aromatic rings. The Balaban J connectivity index is 1.46. The van der Waals surface area contributed by atoms with E-state index in [1.165, 1.54) is 19.3 Å². The van der Waals surface area contributed by atoms with Gasteiger partial charge in [0.05, 0.1) is 0 Å². The fourth-order valence-electron chi connectivity index (χ4n) is 4.42. The summed E-state index contributed by atoms with van der Waals surface area (Å²) in [7, 11) is 0. The number of fused-ring (bicyclic) bond motifs is 5. The molecular weight excluding hydrogens is 210 g/mol. The van der Waals surface area contributed by atoms with Crippen LogP contribution in [-0.2, 0) is 4.79 Å². The van der Waals surface area contributed by atoms with E-state index >= 15 is 0 Å². The Morgan fingerprint density at radius 2 is 1.71 bits per heavy atom. The summed E-state index contributed by atoms with van der Waals surface area (Å²) in [5, 5.41) is 3.06. The number of para-hydroxylation sites is 1. The lowest BCUT2D eigenvalue weighted by atomic mass is 10.0. The molecule has 0 aliphatic heterocycles. The summed E-state index contributed by atoms with van der Waals surface area (Å²) in [6.45, 7) is 0. The van der Waals surface area contributed by atoms with Crippen molar-refractivity contribution >= 4 is 11.6 Å². The second-order valence-corrected chi connectivity index (χ2v) is 5.87. The van der Waals surface area contributed by atoms with Crippen LogP contribution in [0.3, 0.4) is 0 Å². The first-order chi connectivity index (χ1) is 8.34. The van der Waals surface area contributed by atoms with Crippen LogP contribution in [0.5, 0.6) is 0 Å². The number of benzene rings is 1. The zero-order valence-electron chi connectivity index (χ0n) is 9.80. The van der Waals surface area contributed by atoms with Gasteiger partial charge in [-0.1, -0.05) is 18.2 Å². The molecule has 0 aromatic heterocycles. The molecule has 1 N–H and O–H groups in total. The predicted octanol–water partition coefficient (Wildman–Crippen LogP) is 2.92. The van der Waals surface area contributed by atoms with Crippen molar-refractivity contribution in [3.63, 3.8) is 0 Å². The van der Waals surface area contributed by atoms with Crippen LogP contribution in [0.15, 0.2) is 30.3 Å². The molecule has 88 valence electrons. The fraction of sp³-hybridized carbons (Fsp3) is 0.533. The zero-order chi connectivity index (χ0) is 11.4. The van der Waals surface area contributed by atoms with Crippen molar-refractivity contribution in [3.05, 3.63) is 30.3 Å². The number of anilines is 1. The van der Waals surface area contributed by atoms with E-state index in [-0.39, 0.29) is 5.91 Å². The summed E-state index contributed by atoms with van der Waals surface area (Å²) >= 11 is 0. The fourth-order valence-corrected chi connectivity index (χ4v) is 4.42. The summed E-state index contributed by atoms with van der Waals surface area (Å²) in [6.07, 6.45) is 4.16. The van der Waals surface area contributed by atoms with Crippen molar-refractivity contribution in [1.82, 2.24) is 0 Å². The topological polar surface area (TPSA) is 29.1 Å². The summed E-state index contributed by atoms with van der Waals surface area (Å²) in [5.41, 5.74) is 0.940. The van der Waals surface area contributed by atoms with E-state index in [1.807, 2.05) is 30.3 Å². The van der Waals surface area contributed by atoms with Crippen molar-refractivity contribution in [2.45, 2.75) is 19.3 Å². The lowest BCUT2D eigenvalue weighted by molar-refractivity contribution is -0.118. The molecule has 2 nitrogen and oxygen atoms in total. The normalized spacial score (nSPS) is 41.1. The van der Waals surface area contributed by atoms with Crippen molar-refractivity contribution in [3.8, 4) is 0 Å². The van der Waals surface area contributed by atoms with E-state index < -0.39 is 0 Å². The molecular formula is C15H17NO. The molecule has 3 saturated carbocycles. The number of rotatable bonds is 2. The van der Waals surface area contributed by atoms with Crippen LogP contribution in [0.2, 0.25) is 0 Å². The van der Waals surface area contributed by atoms with Crippen LogP contribution in [0.25, 0.3) is 0 Å². The summed E-state index contributed by atoms with van der Waals surface area (Å²) in [5.74, 6) is 3.81. The highest BCUT2D eigenvalue weighted by molar-refractivity contribution is 5.95. The highest BCUT2D eigenvalue weighted by atomic mass is 16.2. The molecule has 3 fully saturated rings. The van der Waals surface area contributed by atoms with Crippen LogP contribution in [0.4, 0.5) is 5.69 Å². The second-order valence-electron chi connectivity index (χ2n) is 5.87. The predicted molar refractivity (Wildman–Crippen MR) is 66.4 cm³/mol. The maximum absolute atomic E-state index is 12.2. The molecule has 2 heteroatoms. The summed E-state index contributed by atoms with van der Waals surface area (Å²) in [4.78, 5) is 12.2. The lowest BCUT2D eigenvalue weighted by Crippen LogP contribution is -2.18. The molecule has 0 saturated heterocycles. The maximum Gasteiger partial charge on any atom is 0.228 e. The molecule has 3 aliphatic carbocycles. The van der Waals surface area contributed by atoms with Gasteiger partial charge in [0, 0.05) is 11.6 Å². The van der Waals surface area contributed by atoms with Gasteiger partial charge in [0.1, 0.15) is 0 Å². The zero-order valence-corrected chi connectivity index (χ0v) is 9.80. The first kappa shape index (κ1) is 9.69. The van der Waals surface area contributed by atoms with Gasteiger partial charge < -0.3 is 5.32 Å². The minimum atomic E-state index is 0.266. The quantitative estimate of drug-likeness (QED) is 0.827. The number of nitrogens with one attached hydrogen (secondary N) is 1. The van der Waals surface area contributed by atoms with Gasteiger partial charge in [-0.25, -0.2) is 0 Å². The van der Waals surface area contributed by atoms with E-state index in [0.717, 1.165) is 29.4 Å². The van der Waals surface area contributed by atoms with Crippen molar-refractivity contribution in [1.29, 1.82) is 0 Å². The molecule has 4 unspecified atom stereocenters. The molecule has 2 bridgehead atoms. The van der Waals surface area contributed by atoms with Crippen LogP contribution in [0.1, 0.15) is 19.3 Å². The third-order valence-electron chi connectivity index (χ3n) is 5.08. The SMILES string of the molecule is O=C(Nc1ccccc1)C1C2C3CCC(C3)C12. The van der Waals surface area contributed by atoms with Gasteiger partial charge in [-0.05, 0) is 55.1 Å². The third kappa shape index (κ3) is 1.36. The number of amides is 1. The molecule has 0 radical (unpaired) electrons. The van der Waals surface area contributed by atoms with Crippen LogP contribution >= 0.6 is 0 Å². The Morgan fingerprint density at radius 1 is 1.06 bits per heavy atom. The molecule has 4 atom stereocenters. The largest absolute Gasteiger partial charge is 0.326 e. The molecule has 0 spiro atoms. The Kier molecular flexibility index (Phi) is 1.91. The van der Waals surface area contributed by atoms with Crippen LogP contribution in [-0.4, -0.2) is 5.91 Å². The van der Waals surface area contributed by atoms with E-state index in [9.17, 15) is 4.79 Å². The Labute approximate surface area is 101 Å². The van der Waals surface area contributed by atoms with E-state index in [0.29, 0.717) is 5.92 Å². The van der Waals surface area contributed by atoms with Gasteiger partial charge in [-0.3, -0.25) is 4.79 Å². The summed E-state index contributed by atoms with van der Waals surface area (Å²) < 4.78 is 0. The molecule has 0 heterocycles. The lowest BCUT2D eigenvalue weighted by Gasteiger charge is -2.09. The van der Waals surface area contributed by atoms with Gasteiger partial charge in [0.2, 0.25) is 5.91 Å². The Morgan fingerprint density at radius 3 is 2.35 bits per heavy atom. The minimum Gasteiger partial charge on any atom is -0.326 e. The second kappa shape index (κ2) is 3.34. The average Bonchev–Trinajstić information content (AvgIpc) is 2.80. The Hall–Kier alpha value is -1.31. The van der Waals surface area contributed by atoms with Crippen molar-refractivity contribution in [2.24, 2.45) is 29.6 Å².